The topological polar surface area (TPSA) is 89.8 Å². The van der Waals surface area contributed by atoms with E-state index in [4.69, 9.17) is 13.9 Å². The van der Waals surface area contributed by atoms with Gasteiger partial charge in [0.05, 0.1) is 39.1 Å². The molecule has 0 radical (unpaired) electrons. The molecule has 0 saturated heterocycles. The fourth-order valence-electron chi connectivity index (χ4n) is 1.95. The van der Waals surface area contributed by atoms with Gasteiger partial charge in [-0.25, -0.2) is 0 Å². The first-order valence-corrected chi connectivity index (χ1v) is 8.11. The van der Waals surface area contributed by atoms with Crippen LogP contribution in [0.1, 0.15) is 16.1 Å². The zero-order chi connectivity index (χ0) is 17.5. The smallest absolute Gasteiger partial charge is 0.252 e. The minimum Gasteiger partial charge on any atom is -0.493 e. The number of benzene rings is 1. The van der Waals surface area contributed by atoms with Crippen molar-refractivity contribution in [1.82, 2.24) is 10.6 Å². The Bertz CT molecular complexity index is 716. The standard InChI is InChI=1S/C16H17IN2O5/c1-22-13-6-11(12(17)7-14(13)23-2)16(21)19-9-15(20)18-8-10-4-3-5-24-10/h3-7H,8-9H2,1-2H3,(H,18,20)(H,19,21). The second kappa shape index (κ2) is 8.57. The van der Waals surface area contributed by atoms with Crippen molar-refractivity contribution in [3.05, 3.63) is 45.4 Å². The molecular weight excluding hydrogens is 427 g/mol. The van der Waals surface area contributed by atoms with E-state index < -0.39 is 0 Å². The first-order chi connectivity index (χ1) is 11.5. The van der Waals surface area contributed by atoms with Gasteiger partial charge in [0, 0.05) is 3.57 Å². The first-order valence-electron chi connectivity index (χ1n) is 7.04. The molecule has 128 valence electrons. The molecule has 2 amide bonds. The van der Waals surface area contributed by atoms with Crippen LogP contribution in [-0.4, -0.2) is 32.6 Å². The van der Waals surface area contributed by atoms with E-state index in [0.29, 0.717) is 26.4 Å². The van der Waals surface area contributed by atoms with Gasteiger partial charge in [-0.05, 0) is 46.9 Å². The number of nitrogens with one attached hydrogen (secondary N) is 2. The molecule has 0 aliphatic carbocycles. The van der Waals surface area contributed by atoms with E-state index in [1.54, 1.807) is 24.3 Å². The molecule has 24 heavy (non-hydrogen) atoms. The fraction of sp³-hybridized carbons (Fsp3) is 0.250. The van der Waals surface area contributed by atoms with Crippen molar-refractivity contribution in [2.24, 2.45) is 0 Å². The highest BCUT2D eigenvalue weighted by atomic mass is 127. The normalized spacial score (nSPS) is 10.1. The second-order valence-electron chi connectivity index (χ2n) is 4.73. The number of carbonyl (C=O) groups is 2. The number of carbonyl (C=O) groups excluding carboxylic acids is 2. The van der Waals surface area contributed by atoms with Crippen LogP contribution in [0, 0.1) is 3.57 Å². The monoisotopic (exact) mass is 444 g/mol. The average Bonchev–Trinajstić information content (AvgIpc) is 3.11. The Hall–Kier alpha value is -2.23. The maximum atomic E-state index is 12.3. The Morgan fingerprint density at radius 2 is 1.88 bits per heavy atom. The molecule has 1 aromatic carbocycles. The molecule has 8 heteroatoms. The quantitative estimate of drug-likeness (QED) is 0.638. The maximum Gasteiger partial charge on any atom is 0.252 e. The summed E-state index contributed by atoms with van der Waals surface area (Å²) in [4.78, 5) is 24.0. The fourth-order valence-corrected chi connectivity index (χ4v) is 2.63. The van der Waals surface area contributed by atoms with Gasteiger partial charge in [-0.3, -0.25) is 9.59 Å². The van der Waals surface area contributed by atoms with Gasteiger partial charge in [0.1, 0.15) is 5.76 Å². The molecule has 0 unspecified atom stereocenters. The van der Waals surface area contributed by atoms with Crippen LogP contribution in [0.15, 0.2) is 34.9 Å². The molecule has 0 aliphatic heterocycles. The summed E-state index contributed by atoms with van der Waals surface area (Å²) in [6, 6.07) is 6.77. The Kier molecular flexibility index (Phi) is 6.47. The highest BCUT2D eigenvalue weighted by Gasteiger charge is 2.16. The summed E-state index contributed by atoms with van der Waals surface area (Å²) in [5.74, 6) is 0.952. The van der Waals surface area contributed by atoms with Crippen LogP contribution in [0.5, 0.6) is 11.5 Å². The predicted molar refractivity (Wildman–Crippen MR) is 95.2 cm³/mol. The summed E-state index contributed by atoms with van der Waals surface area (Å²) in [6.07, 6.45) is 1.53. The summed E-state index contributed by atoms with van der Waals surface area (Å²) < 4.78 is 16.2. The molecule has 2 N–H and O–H groups in total. The minimum atomic E-state index is -0.367. The summed E-state index contributed by atoms with van der Waals surface area (Å²) in [5.41, 5.74) is 0.409. The lowest BCUT2D eigenvalue weighted by molar-refractivity contribution is -0.120. The van der Waals surface area contributed by atoms with Gasteiger partial charge < -0.3 is 24.5 Å². The number of ether oxygens (including phenoxy) is 2. The number of furan rings is 1. The largest absolute Gasteiger partial charge is 0.493 e. The summed E-state index contributed by atoms with van der Waals surface area (Å²) in [7, 11) is 3.02. The lowest BCUT2D eigenvalue weighted by atomic mass is 10.2. The molecule has 0 aliphatic rings. The molecule has 0 saturated carbocycles. The zero-order valence-corrected chi connectivity index (χ0v) is 15.4. The molecule has 0 spiro atoms. The van der Waals surface area contributed by atoms with Crippen LogP contribution in [-0.2, 0) is 11.3 Å². The molecule has 7 nitrogen and oxygen atoms in total. The molecular formula is C16H17IN2O5. The molecule has 1 heterocycles. The van der Waals surface area contributed by atoms with Crippen molar-refractivity contribution in [1.29, 1.82) is 0 Å². The van der Waals surface area contributed by atoms with E-state index in [2.05, 4.69) is 10.6 Å². The van der Waals surface area contributed by atoms with Crippen LogP contribution in [0.25, 0.3) is 0 Å². The summed E-state index contributed by atoms with van der Waals surface area (Å²) in [5, 5.41) is 5.23. The highest BCUT2D eigenvalue weighted by Crippen LogP contribution is 2.31. The van der Waals surface area contributed by atoms with Crippen molar-refractivity contribution in [2.75, 3.05) is 20.8 Å². The van der Waals surface area contributed by atoms with Crippen LogP contribution in [0.3, 0.4) is 0 Å². The Balaban J connectivity index is 1.93. The van der Waals surface area contributed by atoms with E-state index in [1.807, 2.05) is 22.6 Å². The molecule has 0 atom stereocenters. The second-order valence-corrected chi connectivity index (χ2v) is 5.89. The Morgan fingerprint density at radius 1 is 1.17 bits per heavy atom. The van der Waals surface area contributed by atoms with Gasteiger partial charge in [-0.15, -0.1) is 0 Å². The number of amides is 2. The lowest BCUT2D eigenvalue weighted by Crippen LogP contribution is -2.36. The van der Waals surface area contributed by atoms with E-state index in [9.17, 15) is 9.59 Å². The first kappa shape index (κ1) is 18.1. The Morgan fingerprint density at radius 3 is 2.50 bits per heavy atom. The zero-order valence-electron chi connectivity index (χ0n) is 13.2. The molecule has 0 bridgehead atoms. The van der Waals surface area contributed by atoms with Crippen molar-refractivity contribution in [3.8, 4) is 11.5 Å². The SMILES string of the molecule is COc1cc(I)c(C(=O)NCC(=O)NCc2ccco2)cc1OC. The van der Waals surface area contributed by atoms with Crippen LogP contribution >= 0.6 is 22.6 Å². The van der Waals surface area contributed by atoms with Crippen molar-refractivity contribution in [2.45, 2.75) is 6.54 Å². The third-order valence-corrected chi connectivity index (χ3v) is 4.06. The number of hydrogen-bond donors (Lipinski definition) is 2. The van der Waals surface area contributed by atoms with Gasteiger partial charge >= 0.3 is 0 Å². The van der Waals surface area contributed by atoms with E-state index in [0.717, 1.165) is 0 Å². The van der Waals surface area contributed by atoms with E-state index in [1.165, 1.54) is 20.5 Å². The highest BCUT2D eigenvalue weighted by molar-refractivity contribution is 14.1. The van der Waals surface area contributed by atoms with Gasteiger partial charge in [-0.1, -0.05) is 0 Å². The number of rotatable bonds is 7. The molecule has 0 fully saturated rings. The third kappa shape index (κ3) is 4.63. The average molecular weight is 444 g/mol. The molecule has 1 aromatic heterocycles. The maximum absolute atomic E-state index is 12.3. The van der Waals surface area contributed by atoms with E-state index >= 15 is 0 Å². The van der Waals surface area contributed by atoms with Crippen molar-refractivity contribution >= 4 is 34.4 Å². The third-order valence-electron chi connectivity index (χ3n) is 3.17. The summed E-state index contributed by atoms with van der Waals surface area (Å²) in [6.45, 7) is 0.138. The minimum absolute atomic E-state index is 0.135. The Labute approximate surface area is 152 Å². The molecule has 2 aromatic rings. The van der Waals surface area contributed by atoms with Gasteiger partial charge in [0.15, 0.2) is 11.5 Å². The summed E-state index contributed by atoms with van der Waals surface area (Å²) >= 11 is 2.03. The van der Waals surface area contributed by atoms with Crippen LogP contribution in [0.2, 0.25) is 0 Å². The lowest BCUT2D eigenvalue weighted by Gasteiger charge is -2.12. The van der Waals surface area contributed by atoms with Gasteiger partial charge in [-0.2, -0.15) is 0 Å². The van der Waals surface area contributed by atoms with Gasteiger partial charge in [0.25, 0.3) is 5.91 Å². The molecule has 2 rings (SSSR count). The van der Waals surface area contributed by atoms with Crippen molar-refractivity contribution in [3.63, 3.8) is 0 Å². The predicted octanol–water partition coefficient (Wildman–Crippen LogP) is 1.95. The van der Waals surface area contributed by atoms with Crippen LogP contribution < -0.4 is 20.1 Å². The number of halogens is 1. The van der Waals surface area contributed by atoms with Crippen LogP contribution in [0.4, 0.5) is 0 Å². The van der Waals surface area contributed by atoms with Crippen molar-refractivity contribution < 1.29 is 23.5 Å². The number of methoxy groups -OCH3 is 2. The van der Waals surface area contributed by atoms with Gasteiger partial charge in [0.2, 0.25) is 5.91 Å². The van der Waals surface area contributed by atoms with E-state index in [-0.39, 0.29) is 24.9 Å². The number of hydrogen-bond acceptors (Lipinski definition) is 5.